The molecule has 0 rings (SSSR count). The molecule has 2 atom stereocenters. The molecular weight excluding hydrogens is 176 g/mol. The molecule has 0 saturated heterocycles. The van der Waals surface area contributed by atoms with E-state index in [9.17, 15) is 0 Å². The van der Waals surface area contributed by atoms with Crippen LogP contribution in [-0.4, -0.2) is 40.9 Å². The lowest BCUT2D eigenvalue weighted by Gasteiger charge is -2.25. The Kier molecular flexibility index (Phi) is 7.61. The van der Waals surface area contributed by atoms with Gasteiger partial charge in [0.2, 0.25) is 0 Å². The zero-order valence-corrected chi connectivity index (χ0v) is 11.9. The first-order chi connectivity index (χ1) is 6.15. The van der Waals surface area contributed by atoms with Gasteiger partial charge in [-0.15, -0.1) is 0 Å². The summed E-state index contributed by atoms with van der Waals surface area (Å²) in [6, 6.07) is 0.692. The maximum absolute atomic E-state index is 3.60. The molecule has 0 aromatic rings. The first-order valence-electron chi connectivity index (χ1n) is 5.61. The second-order valence-corrected chi connectivity index (χ2v) is 5.32. The number of nitrogens with one attached hydrogen (secondary N) is 1. The quantitative estimate of drug-likeness (QED) is 0.486. The smallest absolute Gasteiger partial charge is 0.0482 e. The van der Waals surface area contributed by atoms with Crippen molar-refractivity contribution in [2.75, 3.05) is 19.8 Å². The van der Waals surface area contributed by atoms with Gasteiger partial charge in [-0.05, 0) is 25.6 Å². The molecule has 0 spiro atoms. The Morgan fingerprint density at radius 2 is 1.77 bits per heavy atom. The summed E-state index contributed by atoms with van der Waals surface area (Å²) in [5.74, 6) is 0. The zero-order chi connectivity index (χ0) is 10.3. The largest absolute Gasteiger partial charge is 0.302 e. The minimum Gasteiger partial charge on any atom is -0.302 e. The summed E-state index contributed by atoms with van der Waals surface area (Å²) >= 11 is 0. The molecule has 2 nitrogen and oxygen atoms in total. The van der Waals surface area contributed by atoms with Gasteiger partial charge in [0, 0.05) is 23.0 Å². The molecule has 0 aromatic heterocycles. The maximum atomic E-state index is 3.60. The molecule has 0 radical (unpaired) electrons. The highest BCUT2D eigenvalue weighted by molar-refractivity contribution is 6.12. The van der Waals surface area contributed by atoms with Crippen molar-refractivity contribution in [1.82, 2.24) is 10.2 Å². The molecule has 2 unspecified atom stereocenters. The van der Waals surface area contributed by atoms with Gasteiger partial charge in [-0.3, -0.25) is 4.90 Å². The van der Waals surface area contributed by atoms with Crippen molar-refractivity contribution in [2.24, 2.45) is 0 Å². The molecule has 0 amide bonds. The predicted molar refractivity (Wildman–Crippen MR) is 64.4 cm³/mol. The first kappa shape index (κ1) is 13.1. The summed E-state index contributed by atoms with van der Waals surface area (Å²) in [5, 5.41) is 3.60. The Balaban J connectivity index is 3.61. The molecule has 0 aliphatic rings. The van der Waals surface area contributed by atoms with Crippen molar-refractivity contribution in [1.29, 1.82) is 0 Å². The van der Waals surface area contributed by atoms with Gasteiger partial charge in [-0.25, -0.2) is 0 Å². The minimum atomic E-state index is 0.692. The molecule has 13 heavy (non-hydrogen) atoms. The molecule has 0 aromatic carbocycles. The monoisotopic (exact) mass is 202 g/mol. The lowest BCUT2D eigenvalue weighted by molar-refractivity contribution is 0.263. The third-order valence-electron chi connectivity index (χ3n) is 3.03. The van der Waals surface area contributed by atoms with E-state index in [2.05, 4.69) is 37.9 Å². The van der Waals surface area contributed by atoms with Crippen LogP contribution in [0.25, 0.3) is 0 Å². The number of nitrogens with zero attached hydrogens (tertiary/aromatic N) is 1. The third-order valence-corrected chi connectivity index (χ3v) is 4.85. The van der Waals surface area contributed by atoms with Crippen molar-refractivity contribution in [3.63, 3.8) is 0 Å². The van der Waals surface area contributed by atoms with Crippen molar-refractivity contribution in [3.05, 3.63) is 0 Å². The molecule has 0 aliphatic heterocycles. The average Bonchev–Trinajstić information content (AvgIpc) is 2.17. The second-order valence-electron chi connectivity index (χ2n) is 3.84. The van der Waals surface area contributed by atoms with Crippen LogP contribution in [0.4, 0.5) is 0 Å². The highest BCUT2D eigenvalue weighted by Crippen LogP contribution is 2.09. The van der Waals surface area contributed by atoms with Crippen LogP contribution in [0.1, 0.15) is 34.1 Å². The Hall–Kier alpha value is 0.137. The van der Waals surface area contributed by atoms with E-state index in [0.29, 0.717) is 6.04 Å². The summed E-state index contributed by atoms with van der Waals surface area (Å²) in [7, 11) is 1.31. The Labute approximate surface area is 86.5 Å². The normalized spacial score (nSPS) is 16.4. The Morgan fingerprint density at radius 1 is 1.23 bits per heavy atom. The molecule has 3 heteroatoms. The summed E-state index contributed by atoms with van der Waals surface area (Å²) < 4.78 is 0. The number of rotatable bonds is 7. The van der Waals surface area contributed by atoms with Gasteiger partial charge in [0.05, 0.1) is 0 Å². The van der Waals surface area contributed by atoms with Gasteiger partial charge in [0.15, 0.2) is 0 Å². The van der Waals surface area contributed by atoms with E-state index in [4.69, 9.17) is 0 Å². The highest BCUT2D eigenvalue weighted by atomic mass is 28.1. The summed E-state index contributed by atoms with van der Waals surface area (Å²) in [5.41, 5.74) is 0.913. The van der Waals surface area contributed by atoms with Crippen molar-refractivity contribution in [2.45, 2.75) is 45.7 Å². The van der Waals surface area contributed by atoms with Crippen LogP contribution < -0.4 is 5.32 Å². The van der Waals surface area contributed by atoms with Gasteiger partial charge < -0.3 is 5.32 Å². The van der Waals surface area contributed by atoms with Crippen LogP contribution in [0.15, 0.2) is 0 Å². The summed E-state index contributed by atoms with van der Waals surface area (Å²) in [6.45, 7) is 12.4. The van der Waals surface area contributed by atoms with Crippen molar-refractivity contribution < 1.29 is 0 Å². The van der Waals surface area contributed by atoms with Gasteiger partial charge in [0.25, 0.3) is 0 Å². The van der Waals surface area contributed by atoms with E-state index in [1.54, 1.807) is 0 Å². The van der Waals surface area contributed by atoms with Crippen LogP contribution in [0.3, 0.4) is 0 Å². The SMILES string of the molecule is CCC([SiH3])C(C)NCN(CC)CC. The standard InChI is InChI=1S/C10H26N2Si/c1-5-10(13)9(4)11-8-12(6-2)7-3/h9-11H,5-8H2,1-4,13H3. The van der Waals surface area contributed by atoms with Crippen LogP contribution >= 0.6 is 0 Å². The van der Waals surface area contributed by atoms with Crippen molar-refractivity contribution >= 4 is 10.2 Å². The maximum Gasteiger partial charge on any atom is 0.0482 e. The fourth-order valence-electron chi connectivity index (χ4n) is 1.28. The van der Waals surface area contributed by atoms with E-state index in [1.807, 2.05) is 0 Å². The third kappa shape index (κ3) is 5.44. The predicted octanol–water partition coefficient (Wildman–Crippen LogP) is 0.828. The van der Waals surface area contributed by atoms with Crippen LogP contribution in [0.5, 0.6) is 0 Å². The Bertz CT molecular complexity index is 115. The topological polar surface area (TPSA) is 15.3 Å². The van der Waals surface area contributed by atoms with E-state index in [-0.39, 0.29) is 0 Å². The summed E-state index contributed by atoms with van der Waals surface area (Å²) in [4.78, 5) is 2.42. The molecule has 0 heterocycles. The molecule has 80 valence electrons. The van der Waals surface area contributed by atoms with Crippen LogP contribution in [-0.2, 0) is 0 Å². The Morgan fingerprint density at radius 3 is 2.15 bits per heavy atom. The fraction of sp³-hybridized carbons (Fsp3) is 1.00. The van der Waals surface area contributed by atoms with E-state index >= 15 is 0 Å². The lowest BCUT2D eigenvalue weighted by atomic mass is 10.2. The molecule has 0 saturated carbocycles. The van der Waals surface area contributed by atoms with Crippen LogP contribution in [0.2, 0.25) is 5.54 Å². The minimum absolute atomic E-state index is 0.692. The number of hydrogen-bond acceptors (Lipinski definition) is 2. The highest BCUT2D eigenvalue weighted by Gasteiger charge is 2.09. The van der Waals surface area contributed by atoms with E-state index in [1.165, 1.54) is 16.7 Å². The van der Waals surface area contributed by atoms with Gasteiger partial charge in [-0.1, -0.05) is 27.2 Å². The van der Waals surface area contributed by atoms with E-state index in [0.717, 1.165) is 25.3 Å². The molecule has 0 aliphatic carbocycles. The summed E-state index contributed by atoms with van der Waals surface area (Å²) in [6.07, 6.45) is 1.32. The number of hydrogen-bond donors (Lipinski definition) is 1. The van der Waals surface area contributed by atoms with E-state index < -0.39 is 0 Å². The fourth-order valence-corrected chi connectivity index (χ4v) is 1.51. The first-order valence-corrected chi connectivity index (χ1v) is 6.76. The lowest BCUT2D eigenvalue weighted by Crippen LogP contribution is -2.40. The zero-order valence-electron chi connectivity index (χ0n) is 9.93. The average molecular weight is 202 g/mol. The molecule has 1 N–H and O–H groups in total. The van der Waals surface area contributed by atoms with Crippen LogP contribution in [0, 0.1) is 0 Å². The van der Waals surface area contributed by atoms with Gasteiger partial charge >= 0.3 is 0 Å². The van der Waals surface area contributed by atoms with Gasteiger partial charge in [-0.2, -0.15) is 0 Å². The molecular formula is C10H26N2Si. The van der Waals surface area contributed by atoms with Gasteiger partial charge in [0.1, 0.15) is 0 Å². The van der Waals surface area contributed by atoms with Crippen molar-refractivity contribution in [3.8, 4) is 0 Å². The molecule has 0 bridgehead atoms. The second kappa shape index (κ2) is 7.53. The molecule has 0 fully saturated rings.